The average molecular weight is 565 g/mol. The van der Waals surface area contributed by atoms with Gasteiger partial charge in [-0.3, -0.25) is 4.79 Å². The molecule has 4 aliphatic rings. The second-order valence-electron chi connectivity index (χ2n) is 11.7. The van der Waals surface area contributed by atoms with Crippen LogP contribution in [-0.2, 0) is 11.3 Å². The summed E-state index contributed by atoms with van der Waals surface area (Å²) in [5.74, 6) is 4.54. The van der Waals surface area contributed by atoms with Crippen molar-refractivity contribution in [1.82, 2.24) is 15.3 Å². The number of carbonyl (C=O) groups excluding carboxylic acids is 1. The summed E-state index contributed by atoms with van der Waals surface area (Å²) in [4.78, 5) is 22.1. The van der Waals surface area contributed by atoms with Crippen molar-refractivity contribution in [3.05, 3.63) is 52.7 Å². The topological polar surface area (TPSA) is 96.4 Å². The molecule has 1 aromatic carbocycles. The van der Waals surface area contributed by atoms with Gasteiger partial charge in [0.05, 0.1) is 35.1 Å². The number of aliphatic hydroxyl groups is 1. The van der Waals surface area contributed by atoms with Gasteiger partial charge in [-0.2, -0.15) is 0 Å². The second-order valence-corrected chi connectivity index (χ2v) is 13.1. The zero-order chi connectivity index (χ0) is 26.9. The van der Waals surface area contributed by atoms with Gasteiger partial charge in [0.2, 0.25) is 11.8 Å². The highest BCUT2D eigenvalue weighted by atomic mass is 35.5. The predicted molar refractivity (Wildman–Crippen MR) is 153 cm³/mol. The molecule has 0 saturated heterocycles. The van der Waals surface area contributed by atoms with E-state index in [1.54, 1.807) is 18.9 Å². The van der Waals surface area contributed by atoms with E-state index < -0.39 is 6.10 Å². The molecule has 7 atom stereocenters. The third kappa shape index (κ3) is 4.14. The molecule has 3 heterocycles. The number of halogens is 1. The monoisotopic (exact) mass is 564 g/mol. The maximum Gasteiger partial charge on any atom is 0.235 e. The van der Waals surface area contributed by atoms with Crippen molar-refractivity contribution in [3.8, 4) is 5.88 Å². The molecule has 3 saturated carbocycles. The summed E-state index contributed by atoms with van der Waals surface area (Å²) in [6, 6.07) is 12.2. The molecule has 3 N–H and O–H groups in total. The van der Waals surface area contributed by atoms with Crippen LogP contribution < -0.4 is 15.4 Å². The molecule has 39 heavy (non-hydrogen) atoms. The van der Waals surface area contributed by atoms with Crippen LogP contribution in [0.3, 0.4) is 0 Å². The van der Waals surface area contributed by atoms with Crippen LogP contribution in [0.2, 0.25) is 5.02 Å². The first-order valence-electron chi connectivity index (χ1n) is 13.9. The molecule has 9 heteroatoms. The van der Waals surface area contributed by atoms with Gasteiger partial charge in [0.15, 0.2) is 0 Å². The van der Waals surface area contributed by atoms with E-state index in [0.29, 0.717) is 64.3 Å². The molecule has 7 rings (SSSR count). The highest BCUT2D eigenvalue weighted by molar-refractivity contribution is 8.00. The summed E-state index contributed by atoms with van der Waals surface area (Å²) in [5, 5.41) is 19.5. The lowest BCUT2D eigenvalue weighted by molar-refractivity contribution is -0.113. The number of methoxy groups -OCH3 is 1. The first kappa shape index (κ1) is 25.6. The van der Waals surface area contributed by atoms with Gasteiger partial charge < -0.3 is 20.5 Å². The van der Waals surface area contributed by atoms with Crippen LogP contribution in [0.25, 0.3) is 10.9 Å². The Morgan fingerprint density at radius 1 is 1.26 bits per heavy atom. The number of anilines is 1. The van der Waals surface area contributed by atoms with Crippen molar-refractivity contribution in [1.29, 1.82) is 0 Å². The Labute approximate surface area is 237 Å². The Hall–Kier alpha value is -2.39. The first-order valence-corrected chi connectivity index (χ1v) is 15.2. The van der Waals surface area contributed by atoms with Crippen LogP contribution in [0.15, 0.2) is 41.3 Å². The molecule has 204 valence electrons. The molecule has 3 aromatic rings. The highest BCUT2D eigenvalue weighted by Gasteiger charge is 2.80. The summed E-state index contributed by atoms with van der Waals surface area (Å²) in [6.45, 7) is 3.12. The number of thioether (sulfide) groups is 1. The van der Waals surface area contributed by atoms with Crippen LogP contribution in [0, 0.1) is 29.1 Å². The zero-order valence-corrected chi connectivity index (χ0v) is 23.7. The second kappa shape index (κ2) is 9.61. The minimum atomic E-state index is -0.658. The summed E-state index contributed by atoms with van der Waals surface area (Å²) in [7, 11) is 1.60. The van der Waals surface area contributed by atoms with Crippen LogP contribution in [0.5, 0.6) is 5.88 Å². The Kier molecular flexibility index (Phi) is 6.30. The molecular weight excluding hydrogens is 532 g/mol. The van der Waals surface area contributed by atoms with Crippen LogP contribution >= 0.6 is 23.4 Å². The smallest absolute Gasteiger partial charge is 0.235 e. The molecule has 7 nitrogen and oxygen atoms in total. The molecule has 0 radical (unpaired) electrons. The number of nitrogens with zero attached hydrogens (tertiary/aromatic N) is 2. The molecule has 3 aliphatic carbocycles. The fourth-order valence-electron chi connectivity index (χ4n) is 8.24. The van der Waals surface area contributed by atoms with E-state index in [2.05, 4.69) is 39.7 Å². The number of ether oxygens (including phenoxy) is 1. The fraction of sp³-hybridized carbons (Fsp3) is 0.500. The lowest BCUT2D eigenvalue weighted by Gasteiger charge is -2.40. The van der Waals surface area contributed by atoms with Crippen LogP contribution in [0.4, 0.5) is 5.82 Å². The average Bonchev–Trinajstić information content (AvgIpc) is 3.26. The molecule has 1 amide bonds. The zero-order valence-electron chi connectivity index (χ0n) is 22.1. The highest BCUT2D eigenvalue weighted by Crippen LogP contribution is 2.84. The summed E-state index contributed by atoms with van der Waals surface area (Å²) < 4.78 is 5.32. The van der Waals surface area contributed by atoms with E-state index in [1.807, 2.05) is 24.3 Å². The quantitative estimate of drug-likeness (QED) is 0.328. The maximum atomic E-state index is 11.7. The number of hydrogen-bond acceptors (Lipinski definition) is 7. The summed E-state index contributed by atoms with van der Waals surface area (Å²) >= 11 is 8.12. The van der Waals surface area contributed by atoms with Crippen molar-refractivity contribution in [2.75, 3.05) is 18.2 Å². The minimum Gasteiger partial charge on any atom is -0.481 e. The maximum absolute atomic E-state index is 11.7. The van der Waals surface area contributed by atoms with Gasteiger partial charge >= 0.3 is 0 Å². The number of fused-ring (bicyclic) bond motifs is 2. The number of carbonyl (C=O) groups is 1. The van der Waals surface area contributed by atoms with Gasteiger partial charge in [0.1, 0.15) is 5.82 Å². The Balaban J connectivity index is 0.995. The van der Waals surface area contributed by atoms with Crippen molar-refractivity contribution < 1.29 is 14.6 Å². The summed E-state index contributed by atoms with van der Waals surface area (Å²) in [5.41, 5.74) is 2.87. The van der Waals surface area contributed by atoms with Gasteiger partial charge in [-0.05, 0) is 79.0 Å². The number of aliphatic hydroxyl groups excluding tert-OH is 1. The normalized spacial score (nSPS) is 31.1. The molecule has 6 unspecified atom stereocenters. The Bertz CT molecular complexity index is 1470. The largest absolute Gasteiger partial charge is 0.481 e. The number of rotatable bonds is 8. The van der Waals surface area contributed by atoms with Gasteiger partial charge in [-0.25, -0.2) is 9.97 Å². The van der Waals surface area contributed by atoms with E-state index >= 15 is 0 Å². The molecule has 1 spiro atoms. The Morgan fingerprint density at radius 2 is 2.10 bits per heavy atom. The van der Waals surface area contributed by atoms with E-state index in [-0.39, 0.29) is 5.91 Å². The Morgan fingerprint density at radius 3 is 2.95 bits per heavy atom. The minimum absolute atomic E-state index is 0.0141. The number of nitrogens with one attached hydrogen (secondary N) is 2. The van der Waals surface area contributed by atoms with Gasteiger partial charge in [0.25, 0.3) is 0 Å². The third-order valence-electron chi connectivity index (χ3n) is 9.95. The van der Waals surface area contributed by atoms with E-state index in [9.17, 15) is 9.90 Å². The molecule has 0 bridgehead atoms. The first-order chi connectivity index (χ1) is 18.9. The van der Waals surface area contributed by atoms with Crippen LogP contribution in [-0.4, -0.2) is 39.9 Å². The number of amides is 1. The van der Waals surface area contributed by atoms with Crippen molar-refractivity contribution in [3.63, 3.8) is 0 Å². The van der Waals surface area contributed by atoms with E-state index in [4.69, 9.17) is 16.3 Å². The number of pyridine rings is 2. The molecule has 2 aromatic heterocycles. The number of hydrogen-bond donors (Lipinski definition) is 3. The third-order valence-corrected chi connectivity index (χ3v) is 11.3. The molecular formula is C30H33ClN4O3S. The predicted octanol–water partition coefficient (Wildman–Crippen LogP) is 5.60. The number of aromatic nitrogens is 2. The van der Waals surface area contributed by atoms with Crippen molar-refractivity contribution >= 4 is 46.0 Å². The number of benzene rings is 1. The van der Waals surface area contributed by atoms with Gasteiger partial charge in [-0.15, -0.1) is 11.8 Å². The van der Waals surface area contributed by atoms with E-state index in [0.717, 1.165) is 39.7 Å². The van der Waals surface area contributed by atoms with Gasteiger partial charge in [0, 0.05) is 34.6 Å². The van der Waals surface area contributed by atoms with Crippen LogP contribution in [0.1, 0.15) is 50.0 Å². The SMILES string of the molecule is COc1ccc2ccc(Cl)c(C(O)CCC3C4CC(NCc5ccc6c(n5)NC(=O)CS6)CC45C3[C@@H]5C)c2n1. The van der Waals surface area contributed by atoms with Crippen molar-refractivity contribution in [2.24, 2.45) is 29.1 Å². The lowest BCUT2D eigenvalue weighted by atomic mass is 9.64. The lowest BCUT2D eigenvalue weighted by Crippen LogP contribution is -2.35. The fourth-order valence-corrected chi connectivity index (χ4v) is 9.28. The van der Waals surface area contributed by atoms with E-state index in [1.165, 1.54) is 12.8 Å². The molecule has 3 fully saturated rings. The molecule has 1 aliphatic heterocycles. The summed E-state index contributed by atoms with van der Waals surface area (Å²) in [6.07, 6.45) is 3.41. The van der Waals surface area contributed by atoms with Gasteiger partial charge in [-0.1, -0.05) is 24.6 Å². The van der Waals surface area contributed by atoms with Crippen molar-refractivity contribution in [2.45, 2.75) is 56.2 Å². The standard InChI is InChI=1S/C30H33ClN4O3S/c1-15-27-19(6-8-22(36)26-21(31)7-3-16-4-10-25(38-2)35-28(16)26)20-11-18(12-30(15,20)27)32-13-17-5-9-23-29(33-17)34-24(37)14-39-23/h3-5,7,9-10,15,18-20,22,27,32,36H,6,8,11-14H2,1-2H3,(H,33,34,37)/t15-,18?,19?,20?,22?,27?,30?/m0/s1.